The molecule has 3 nitrogen and oxygen atoms in total. The zero-order valence-electron chi connectivity index (χ0n) is 8.95. The van der Waals surface area contributed by atoms with E-state index in [2.05, 4.69) is 26.2 Å². The van der Waals surface area contributed by atoms with Gasteiger partial charge in [0.05, 0.1) is 10.7 Å². The Morgan fingerprint density at radius 1 is 1.22 bits per heavy atom. The first kappa shape index (κ1) is 12.6. The van der Waals surface area contributed by atoms with Gasteiger partial charge in [0.1, 0.15) is 17.3 Å². The largest absolute Gasteiger partial charge is 0.321 e. The van der Waals surface area contributed by atoms with Crippen molar-refractivity contribution in [3.05, 3.63) is 58.3 Å². The average molecular weight is 313 g/mol. The summed E-state index contributed by atoms with van der Waals surface area (Å²) in [5.41, 5.74) is 0.497. The molecule has 0 spiro atoms. The highest BCUT2D eigenvalue weighted by Crippen LogP contribution is 2.20. The van der Waals surface area contributed by atoms with E-state index in [0.717, 1.165) is 12.3 Å². The van der Waals surface area contributed by atoms with Crippen LogP contribution >= 0.6 is 15.9 Å². The molecular weight excluding hydrogens is 306 g/mol. The third kappa shape index (κ3) is 2.89. The topological polar surface area (TPSA) is 42.0 Å². The van der Waals surface area contributed by atoms with E-state index in [1.807, 2.05) is 0 Å². The smallest absolute Gasteiger partial charge is 0.274 e. The molecule has 0 saturated heterocycles. The maximum absolute atomic E-state index is 13.0. The lowest BCUT2D eigenvalue weighted by Crippen LogP contribution is -2.13. The van der Waals surface area contributed by atoms with Crippen LogP contribution in [-0.4, -0.2) is 10.9 Å². The van der Waals surface area contributed by atoms with E-state index in [0.29, 0.717) is 5.69 Å². The van der Waals surface area contributed by atoms with Crippen molar-refractivity contribution in [1.29, 1.82) is 0 Å². The van der Waals surface area contributed by atoms with E-state index in [1.165, 1.54) is 24.3 Å². The van der Waals surface area contributed by atoms with Gasteiger partial charge in [-0.3, -0.25) is 4.79 Å². The number of carbonyl (C=O) groups excluding carboxylic acids is 1. The van der Waals surface area contributed by atoms with Crippen molar-refractivity contribution in [2.75, 3.05) is 5.32 Å². The summed E-state index contributed by atoms with van der Waals surface area (Å²) >= 11 is 3.01. The Hall–Kier alpha value is -1.82. The molecule has 6 heteroatoms. The number of pyridine rings is 1. The minimum Gasteiger partial charge on any atom is -0.321 e. The number of halogens is 3. The van der Waals surface area contributed by atoms with Crippen molar-refractivity contribution in [1.82, 2.24) is 4.98 Å². The highest BCUT2D eigenvalue weighted by Gasteiger charge is 2.08. The Kier molecular flexibility index (Phi) is 3.66. The Morgan fingerprint density at radius 2 is 2.00 bits per heavy atom. The van der Waals surface area contributed by atoms with Gasteiger partial charge < -0.3 is 5.32 Å². The van der Waals surface area contributed by atoms with Gasteiger partial charge in [-0.1, -0.05) is 0 Å². The van der Waals surface area contributed by atoms with Crippen LogP contribution in [0.1, 0.15) is 10.5 Å². The molecular formula is C12H7BrF2N2O. The van der Waals surface area contributed by atoms with Crippen molar-refractivity contribution in [2.24, 2.45) is 0 Å². The van der Waals surface area contributed by atoms with E-state index in [4.69, 9.17) is 0 Å². The van der Waals surface area contributed by atoms with Crippen LogP contribution in [0.2, 0.25) is 0 Å². The second-order valence-electron chi connectivity index (χ2n) is 3.44. The molecule has 1 N–H and O–H groups in total. The Labute approximate surface area is 110 Å². The molecule has 2 rings (SSSR count). The third-order valence-corrected chi connectivity index (χ3v) is 2.75. The number of rotatable bonds is 2. The number of carbonyl (C=O) groups is 1. The van der Waals surface area contributed by atoms with Crippen LogP contribution in [0, 0.1) is 11.6 Å². The molecule has 0 aliphatic carbocycles. The van der Waals surface area contributed by atoms with Gasteiger partial charge in [0.25, 0.3) is 5.91 Å². The molecule has 1 aromatic carbocycles. The lowest BCUT2D eigenvalue weighted by molar-refractivity contribution is 0.102. The quantitative estimate of drug-likeness (QED) is 0.923. The third-order valence-electron chi connectivity index (χ3n) is 2.14. The monoisotopic (exact) mass is 312 g/mol. The van der Waals surface area contributed by atoms with Crippen molar-refractivity contribution >= 4 is 27.5 Å². The minimum absolute atomic E-state index is 0.0804. The first-order valence-corrected chi connectivity index (χ1v) is 5.73. The fourth-order valence-corrected chi connectivity index (χ4v) is 1.66. The molecule has 0 aliphatic heterocycles. The maximum atomic E-state index is 13.0. The number of anilines is 1. The second kappa shape index (κ2) is 5.22. The van der Waals surface area contributed by atoms with Crippen molar-refractivity contribution in [3.63, 3.8) is 0 Å². The van der Waals surface area contributed by atoms with Gasteiger partial charge in [-0.25, -0.2) is 13.8 Å². The van der Waals surface area contributed by atoms with Gasteiger partial charge in [0.15, 0.2) is 0 Å². The maximum Gasteiger partial charge on any atom is 0.274 e. The lowest BCUT2D eigenvalue weighted by atomic mass is 10.3. The van der Waals surface area contributed by atoms with E-state index in [-0.39, 0.29) is 10.2 Å². The molecule has 18 heavy (non-hydrogen) atoms. The van der Waals surface area contributed by atoms with E-state index >= 15 is 0 Å². The average Bonchev–Trinajstić information content (AvgIpc) is 2.34. The molecule has 0 unspecified atom stereocenters. The molecule has 1 heterocycles. The molecule has 0 atom stereocenters. The number of nitrogens with one attached hydrogen (secondary N) is 1. The van der Waals surface area contributed by atoms with Gasteiger partial charge in [0, 0.05) is 5.69 Å². The molecule has 1 aromatic heterocycles. The van der Waals surface area contributed by atoms with Crippen molar-refractivity contribution < 1.29 is 13.6 Å². The highest BCUT2D eigenvalue weighted by molar-refractivity contribution is 9.10. The Bertz CT molecular complexity index is 587. The Morgan fingerprint density at radius 3 is 2.61 bits per heavy atom. The normalized spacial score (nSPS) is 10.2. The number of nitrogens with zero attached hydrogens (tertiary/aromatic N) is 1. The fraction of sp³-hybridized carbons (Fsp3) is 0. The zero-order chi connectivity index (χ0) is 13.1. The minimum atomic E-state index is -0.518. The first-order chi connectivity index (χ1) is 8.56. The summed E-state index contributed by atoms with van der Waals surface area (Å²) in [6.07, 6.45) is 0.954. The summed E-state index contributed by atoms with van der Waals surface area (Å²) in [6.45, 7) is 0. The van der Waals surface area contributed by atoms with Crippen LogP contribution in [0.4, 0.5) is 14.5 Å². The summed E-state index contributed by atoms with van der Waals surface area (Å²) in [5.74, 6) is -1.43. The fourth-order valence-electron chi connectivity index (χ4n) is 1.28. The van der Waals surface area contributed by atoms with Crippen LogP contribution in [0.3, 0.4) is 0 Å². The van der Waals surface area contributed by atoms with Crippen LogP contribution < -0.4 is 5.32 Å². The first-order valence-electron chi connectivity index (χ1n) is 4.94. The van der Waals surface area contributed by atoms with Crippen LogP contribution in [0.5, 0.6) is 0 Å². The van der Waals surface area contributed by atoms with E-state index in [1.54, 1.807) is 0 Å². The molecule has 0 bridgehead atoms. The molecule has 0 saturated carbocycles. The molecule has 1 amide bonds. The van der Waals surface area contributed by atoms with Gasteiger partial charge in [-0.05, 0) is 46.3 Å². The number of aromatic nitrogens is 1. The standard InChI is InChI=1S/C12H7BrF2N2O/c13-9-5-8(2-3-10(9)15)17-12(18)11-4-1-7(14)6-16-11/h1-6H,(H,17,18). The Balaban J connectivity index is 2.16. The SMILES string of the molecule is O=C(Nc1ccc(F)c(Br)c1)c1ccc(F)cn1. The number of amides is 1. The predicted octanol–water partition coefficient (Wildman–Crippen LogP) is 3.37. The number of hydrogen-bond acceptors (Lipinski definition) is 2. The highest BCUT2D eigenvalue weighted by atomic mass is 79.9. The van der Waals surface area contributed by atoms with Crippen molar-refractivity contribution in [3.8, 4) is 0 Å². The summed E-state index contributed by atoms with van der Waals surface area (Å²) in [6, 6.07) is 6.47. The molecule has 2 aromatic rings. The van der Waals surface area contributed by atoms with Crippen LogP contribution in [-0.2, 0) is 0 Å². The number of benzene rings is 1. The molecule has 92 valence electrons. The molecule has 0 fully saturated rings. The number of hydrogen-bond donors (Lipinski definition) is 1. The van der Waals surface area contributed by atoms with Gasteiger partial charge in [-0.15, -0.1) is 0 Å². The second-order valence-corrected chi connectivity index (χ2v) is 4.30. The van der Waals surface area contributed by atoms with Crippen LogP contribution in [0.15, 0.2) is 41.0 Å². The predicted molar refractivity (Wildman–Crippen MR) is 66.2 cm³/mol. The summed E-state index contributed by atoms with van der Waals surface area (Å²) in [5, 5.41) is 2.53. The zero-order valence-corrected chi connectivity index (χ0v) is 10.5. The summed E-state index contributed by atoms with van der Waals surface area (Å²) in [4.78, 5) is 15.4. The lowest BCUT2D eigenvalue weighted by Gasteiger charge is -2.05. The molecule has 0 radical (unpaired) electrons. The van der Waals surface area contributed by atoms with Crippen LogP contribution in [0.25, 0.3) is 0 Å². The van der Waals surface area contributed by atoms with E-state index in [9.17, 15) is 13.6 Å². The van der Waals surface area contributed by atoms with Crippen molar-refractivity contribution in [2.45, 2.75) is 0 Å². The van der Waals surface area contributed by atoms with Gasteiger partial charge in [-0.2, -0.15) is 0 Å². The molecule has 0 aliphatic rings. The van der Waals surface area contributed by atoms with Gasteiger partial charge in [0.2, 0.25) is 0 Å². The summed E-state index contributed by atoms with van der Waals surface area (Å²) < 4.78 is 25.9. The van der Waals surface area contributed by atoms with E-state index < -0.39 is 17.5 Å². The van der Waals surface area contributed by atoms with Gasteiger partial charge >= 0.3 is 0 Å². The summed E-state index contributed by atoms with van der Waals surface area (Å²) in [7, 11) is 0.